The molecule has 0 saturated carbocycles. The lowest BCUT2D eigenvalue weighted by molar-refractivity contribution is -0.152. The Morgan fingerprint density at radius 1 is 1.18 bits per heavy atom. The van der Waals surface area contributed by atoms with Gasteiger partial charge in [-0.1, -0.05) is 17.3 Å². The fraction of sp³-hybridized carbons (Fsp3) is 0.375. The number of ether oxygens (including phenoxy) is 3. The minimum atomic E-state index is -0.564. The Kier molecular flexibility index (Phi) is 5.68. The molecule has 0 aliphatic carbocycles. The number of aromatic nitrogens is 1. The summed E-state index contributed by atoms with van der Waals surface area (Å²) in [6, 6.07) is 8.69. The zero-order valence-corrected chi connectivity index (χ0v) is 12.9. The lowest BCUT2D eigenvalue weighted by atomic mass is 10.1. The van der Waals surface area contributed by atoms with Crippen molar-refractivity contribution in [2.75, 3.05) is 20.3 Å². The predicted molar refractivity (Wildman–Crippen MR) is 79.3 cm³/mol. The van der Waals surface area contributed by atoms with Crippen molar-refractivity contribution >= 4 is 5.97 Å². The molecule has 22 heavy (non-hydrogen) atoms. The highest BCUT2D eigenvalue weighted by Crippen LogP contribution is 2.25. The summed E-state index contributed by atoms with van der Waals surface area (Å²) >= 11 is 0. The molecule has 0 atom stereocenters. The molecule has 0 spiro atoms. The zero-order chi connectivity index (χ0) is 15.9. The van der Waals surface area contributed by atoms with Crippen molar-refractivity contribution in [3.8, 4) is 11.3 Å². The van der Waals surface area contributed by atoms with Crippen LogP contribution in [0.25, 0.3) is 11.3 Å². The average Bonchev–Trinajstić information content (AvgIpc) is 3.04. The Morgan fingerprint density at radius 2 is 1.82 bits per heavy atom. The van der Waals surface area contributed by atoms with Crippen molar-refractivity contribution in [3.63, 3.8) is 0 Å². The lowest BCUT2D eigenvalue weighted by Gasteiger charge is -2.12. The Balaban J connectivity index is 2.18. The molecule has 6 nitrogen and oxygen atoms in total. The summed E-state index contributed by atoms with van der Waals surface area (Å²) in [5.74, 6) is 0.135. The Bertz CT molecular complexity index is 599. The van der Waals surface area contributed by atoms with Gasteiger partial charge in [0, 0.05) is 24.8 Å². The van der Waals surface area contributed by atoms with Gasteiger partial charge in [-0.2, -0.15) is 0 Å². The first-order chi connectivity index (χ1) is 10.7. The SMILES string of the molecule is CCOC(OCC)c1cc(-c2ccc(C(=O)OC)cc2)no1. The molecule has 6 heteroatoms. The minimum absolute atomic E-state index is 0.375. The topological polar surface area (TPSA) is 70.8 Å². The molecule has 2 aromatic rings. The van der Waals surface area contributed by atoms with Gasteiger partial charge in [0.1, 0.15) is 5.69 Å². The summed E-state index contributed by atoms with van der Waals surface area (Å²) in [6.45, 7) is 4.78. The van der Waals surface area contributed by atoms with E-state index < -0.39 is 6.29 Å². The number of rotatable bonds is 7. The van der Waals surface area contributed by atoms with E-state index in [0.717, 1.165) is 5.56 Å². The second-order valence-corrected chi connectivity index (χ2v) is 4.43. The maximum atomic E-state index is 11.4. The van der Waals surface area contributed by atoms with Crippen LogP contribution < -0.4 is 0 Å². The first-order valence-electron chi connectivity index (χ1n) is 7.08. The van der Waals surface area contributed by atoms with Gasteiger partial charge < -0.3 is 18.7 Å². The summed E-state index contributed by atoms with van der Waals surface area (Å²) in [6.07, 6.45) is -0.564. The third-order valence-electron chi connectivity index (χ3n) is 3.00. The number of nitrogens with zero attached hydrogens (tertiary/aromatic N) is 1. The van der Waals surface area contributed by atoms with E-state index >= 15 is 0 Å². The molecule has 118 valence electrons. The van der Waals surface area contributed by atoms with E-state index in [1.807, 2.05) is 13.8 Å². The van der Waals surface area contributed by atoms with Crippen LogP contribution in [0, 0.1) is 0 Å². The van der Waals surface area contributed by atoms with Crippen molar-refractivity contribution in [3.05, 3.63) is 41.7 Å². The predicted octanol–water partition coefficient (Wildman–Crippen LogP) is 3.20. The minimum Gasteiger partial charge on any atom is -0.465 e. The van der Waals surface area contributed by atoms with Crippen LogP contribution in [0.15, 0.2) is 34.9 Å². The molecule has 0 N–H and O–H groups in total. The van der Waals surface area contributed by atoms with Gasteiger partial charge in [-0.05, 0) is 26.0 Å². The van der Waals surface area contributed by atoms with Crippen LogP contribution in [0.3, 0.4) is 0 Å². The van der Waals surface area contributed by atoms with E-state index in [9.17, 15) is 4.79 Å². The van der Waals surface area contributed by atoms with Gasteiger partial charge in [-0.15, -0.1) is 0 Å². The Hall–Kier alpha value is -2.18. The number of hydrogen-bond acceptors (Lipinski definition) is 6. The number of benzene rings is 1. The van der Waals surface area contributed by atoms with E-state index in [2.05, 4.69) is 9.89 Å². The van der Waals surface area contributed by atoms with Crippen LogP contribution >= 0.6 is 0 Å². The molecule has 1 heterocycles. The third-order valence-corrected chi connectivity index (χ3v) is 3.00. The van der Waals surface area contributed by atoms with Gasteiger partial charge in [0.2, 0.25) is 6.29 Å². The smallest absolute Gasteiger partial charge is 0.337 e. The first kappa shape index (κ1) is 16.2. The maximum absolute atomic E-state index is 11.4. The first-order valence-corrected chi connectivity index (χ1v) is 7.08. The molecule has 0 aliphatic heterocycles. The van der Waals surface area contributed by atoms with Gasteiger partial charge in [0.05, 0.1) is 12.7 Å². The number of esters is 1. The van der Waals surface area contributed by atoms with E-state index in [4.69, 9.17) is 14.0 Å². The number of carbonyl (C=O) groups is 1. The van der Waals surface area contributed by atoms with E-state index in [1.54, 1.807) is 30.3 Å². The van der Waals surface area contributed by atoms with Crippen LogP contribution in [0.1, 0.15) is 36.3 Å². The van der Waals surface area contributed by atoms with E-state index in [-0.39, 0.29) is 5.97 Å². The summed E-state index contributed by atoms with van der Waals surface area (Å²) in [5.41, 5.74) is 1.96. The van der Waals surface area contributed by atoms with Crippen LogP contribution in [0.4, 0.5) is 0 Å². The summed E-state index contributed by atoms with van der Waals surface area (Å²) in [7, 11) is 1.35. The van der Waals surface area contributed by atoms with Gasteiger partial charge >= 0.3 is 5.97 Å². The molecule has 0 fully saturated rings. The van der Waals surface area contributed by atoms with Crippen molar-refractivity contribution in [2.45, 2.75) is 20.1 Å². The van der Waals surface area contributed by atoms with Crippen molar-refractivity contribution in [1.29, 1.82) is 0 Å². The normalized spacial score (nSPS) is 10.9. The largest absolute Gasteiger partial charge is 0.465 e. The van der Waals surface area contributed by atoms with E-state index in [1.165, 1.54) is 7.11 Å². The molecule has 0 saturated heterocycles. The summed E-state index contributed by atoms with van der Waals surface area (Å²) in [5, 5.41) is 4.02. The standard InChI is InChI=1S/C16H19NO5/c1-4-20-16(21-5-2)14-10-13(17-22-14)11-6-8-12(9-7-11)15(18)19-3/h6-10,16H,4-5H2,1-3H3. The highest BCUT2D eigenvalue weighted by atomic mass is 16.7. The molecule has 1 aromatic carbocycles. The Morgan fingerprint density at radius 3 is 2.36 bits per heavy atom. The highest BCUT2D eigenvalue weighted by Gasteiger charge is 2.18. The molecular formula is C16H19NO5. The van der Waals surface area contributed by atoms with Gasteiger partial charge in [0.25, 0.3) is 0 Å². The summed E-state index contributed by atoms with van der Waals surface area (Å²) < 4.78 is 20.9. The van der Waals surface area contributed by atoms with Gasteiger partial charge in [-0.3, -0.25) is 0 Å². The van der Waals surface area contributed by atoms with Crippen LogP contribution in [-0.4, -0.2) is 31.4 Å². The summed E-state index contributed by atoms with van der Waals surface area (Å²) in [4.78, 5) is 11.4. The lowest BCUT2D eigenvalue weighted by Crippen LogP contribution is -2.07. The molecular weight excluding hydrogens is 286 g/mol. The second kappa shape index (κ2) is 7.72. The molecule has 0 aliphatic rings. The molecule has 0 radical (unpaired) electrons. The van der Waals surface area contributed by atoms with Crippen molar-refractivity contribution in [1.82, 2.24) is 5.16 Å². The average molecular weight is 305 g/mol. The number of carbonyl (C=O) groups excluding carboxylic acids is 1. The van der Waals surface area contributed by atoms with Crippen LogP contribution in [0.2, 0.25) is 0 Å². The van der Waals surface area contributed by atoms with Gasteiger partial charge in [-0.25, -0.2) is 4.79 Å². The fourth-order valence-corrected chi connectivity index (χ4v) is 1.95. The van der Waals surface area contributed by atoms with E-state index in [0.29, 0.717) is 30.2 Å². The molecule has 0 unspecified atom stereocenters. The monoisotopic (exact) mass is 305 g/mol. The van der Waals surface area contributed by atoms with Crippen molar-refractivity contribution in [2.24, 2.45) is 0 Å². The number of methoxy groups -OCH3 is 1. The highest BCUT2D eigenvalue weighted by molar-refractivity contribution is 5.89. The van der Waals surface area contributed by atoms with Crippen LogP contribution in [0.5, 0.6) is 0 Å². The second-order valence-electron chi connectivity index (χ2n) is 4.43. The van der Waals surface area contributed by atoms with Gasteiger partial charge in [0.15, 0.2) is 5.76 Å². The maximum Gasteiger partial charge on any atom is 0.337 e. The zero-order valence-electron chi connectivity index (χ0n) is 12.9. The van der Waals surface area contributed by atoms with Crippen LogP contribution in [-0.2, 0) is 14.2 Å². The molecule has 2 rings (SSSR count). The molecule has 0 amide bonds. The Labute approximate surface area is 129 Å². The third kappa shape index (κ3) is 3.72. The van der Waals surface area contributed by atoms with Crippen molar-refractivity contribution < 1.29 is 23.5 Å². The fourth-order valence-electron chi connectivity index (χ4n) is 1.95. The number of hydrogen-bond donors (Lipinski definition) is 0. The quantitative estimate of drug-likeness (QED) is 0.578. The molecule has 1 aromatic heterocycles. The molecule has 0 bridgehead atoms.